The van der Waals surface area contributed by atoms with Gasteiger partial charge in [-0.15, -0.1) is 23.5 Å². The molecule has 0 bridgehead atoms. The minimum absolute atomic E-state index is 0.0490. The number of carbonyl (C=O) groups is 4. The number of rotatable bonds is 10. The molecule has 1 saturated heterocycles. The van der Waals surface area contributed by atoms with Gasteiger partial charge in [-0.05, 0) is 24.3 Å². The van der Waals surface area contributed by atoms with Gasteiger partial charge in [0.05, 0.1) is 16.3 Å². The Morgan fingerprint density at radius 2 is 2.02 bits per heavy atom. The first kappa shape index (κ1) is 30.7. The third kappa shape index (κ3) is 6.97. The summed E-state index contributed by atoms with van der Waals surface area (Å²) in [6.07, 6.45) is -1.35. The highest BCUT2D eigenvalue weighted by atomic mass is 35.5. The standard InChI is InChI=1S/C25H23ClF3N5O5S2/c26-16-4-3-15(25(27,28)29)8-17(16)40-12-18(35)32-19-22(37)34-20(24(38)39)14(11-41-23(19)34)10-33-7-1-2-13(9-33)21(36)31-6-5-30/h1-4,7-9,19,23H,5-6,10-12,30H2,(H2-,31,32,35,36,38,39)/p+1/t19-,23+/m0/s1. The first-order valence-corrected chi connectivity index (χ1v) is 14.5. The van der Waals surface area contributed by atoms with Crippen molar-refractivity contribution < 1.29 is 42.0 Å². The molecule has 218 valence electrons. The second kappa shape index (κ2) is 12.7. The van der Waals surface area contributed by atoms with Crippen LogP contribution in [0, 0.1) is 0 Å². The zero-order valence-corrected chi connectivity index (χ0v) is 23.5. The van der Waals surface area contributed by atoms with Crippen LogP contribution >= 0.6 is 35.1 Å². The summed E-state index contributed by atoms with van der Waals surface area (Å²) in [7, 11) is 0. The molecule has 5 N–H and O–H groups in total. The Morgan fingerprint density at radius 1 is 1.27 bits per heavy atom. The number of alkyl halides is 3. The Labute approximate surface area is 245 Å². The van der Waals surface area contributed by atoms with E-state index in [2.05, 4.69) is 10.6 Å². The van der Waals surface area contributed by atoms with Gasteiger partial charge in [0.2, 0.25) is 5.91 Å². The number of fused-ring (bicyclic) bond motifs is 1. The van der Waals surface area contributed by atoms with Gasteiger partial charge in [-0.25, -0.2) is 9.36 Å². The lowest BCUT2D eigenvalue weighted by Crippen LogP contribution is -2.71. The van der Waals surface area contributed by atoms with Crippen LogP contribution < -0.4 is 20.9 Å². The molecule has 0 radical (unpaired) electrons. The Hall–Kier alpha value is -3.27. The van der Waals surface area contributed by atoms with Crippen molar-refractivity contribution in [1.82, 2.24) is 15.5 Å². The molecular formula is C25H24ClF3N5O5S2+. The van der Waals surface area contributed by atoms with E-state index in [0.29, 0.717) is 17.7 Å². The lowest BCUT2D eigenvalue weighted by Gasteiger charge is -2.49. The largest absolute Gasteiger partial charge is 0.477 e. The number of nitrogens with zero attached hydrogens (tertiary/aromatic N) is 2. The second-order valence-electron chi connectivity index (χ2n) is 8.95. The number of nitrogens with one attached hydrogen (secondary N) is 2. The summed E-state index contributed by atoms with van der Waals surface area (Å²) in [5.74, 6) is -2.94. The van der Waals surface area contributed by atoms with Crippen molar-refractivity contribution in [3.8, 4) is 0 Å². The molecule has 1 aromatic carbocycles. The van der Waals surface area contributed by atoms with Crippen LogP contribution in [0.1, 0.15) is 15.9 Å². The Balaban J connectivity index is 1.42. The average molecular weight is 631 g/mol. The lowest BCUT2D eigenvalue weighted by atomic mass is 10.0. The quantitative estimate of drug-likeness (QED) is 0.177. The van der Waals surface area contributed by atoms with Gasteiger partial charge >= 0.3 is 12.1 Å². The number of hydrogen-bond donors (Lipinski definition) is 4. The highest BCUT2D eigenvalue weighted by Gasteiger charge is 2.54. The number of carboxylic acid groups (broad SMARTS) is 1. The van der Waals surface area contributed by atoms with Gasteiger partial charge in [0.1, 0.15) is 22.7 Å². The fraction of sp³-hybridized carbons (Fsp3) is 0.320. The van der Waals surface area contributed by atoms with E-state index in [1.54, 1.807) is 29.1 Å². The van der Waals surface area contributed by atoms with Crippen LogP contribution in [-0.2, 0) is 27.1 Å². The summed E-state index contributed by atoms with van der Waals surface area (Å²) in [5.41, 5.74) is 5.11. The van der Waals surface area contributed by atoms with E-state index in [-0.39, 0.29) is 46.1 Å². The SMILES string of the molecule is NCCNC(=O)c1ccc[n+](CC2=C(C(=O)O)N3C(=O)[C@H](NC(=O)CSc4cc(C(F)(F)F)ccc4Cl)[C@H]3SC2)c1. The number of thioether (sulfide) groups is 2. The smallest absolute Gasteiger partial charge is 0.416 e. The fourth-order valence-electron chi connectivity index (χ4n) is 4.22. The summed E-state index contributed by atoms with van der Waals surface area (Å²) in [6.45, 7) is 0.682. The van der Waals surface area contributed by atoms with Crippen LogP contribution in [0.15, 0.2) is 58.9 Å². The molecule has 0 unspecified atom stereocenters. The minimum Gasteiger partial charge on any atom is -0.477 e. The number of halogens is 4. The average Bonchev–Trinajstić information content (AvgIpc) is 2.93. The predicted molar refractivity (Wildman–Crippen MR) is 145 cm³/mol. The van der Waals surface area contributed by atoms with E-state index in [9.17, 15) is 37.5 Å². The molecule has 1 fully saturated rings. The molecule has 2 aliphatic heterocycles. The first-order valence-electron chi connectivity index (χ1n) is 12.1. The van der Waals surface area contributed by atoms with Crippen LogP contribution in [0.2, 0.25) is 5.02 Å². The van der Waals surface area contributed by atoms with Crippen LogP contribution in [0.25, 0.3) is 0 Å². The van der Waals surface area contributed by atoms with Gasteiger partial charge in [0.15, 0.2) is 18.9 Å². The molecular weight excluding hydrogens is 607 g/mol. The van der Waals surface area contributed by atoms with E-state index >= 15 is 0 Å². The number of aliphatic carboxylic acids is 1. The number of aromatic nitrogens is 1. The monoisotopic (exact) mass is 630 g/mol. The molecule has 2 aliphatic rings. The van der Waals surface area contributed by atoms with Crippen molar-refractivity contribution in [3.63, 3.8) is 0 Å². The van der Waals surface area contributed by atoms with Crippen LogP contribution in [-0.4, -0.2) is 69.7 Å². The molecule has 3 heterocycles. The molecule has 16 heteroatoms. The molecule has 0 spiro atoms. The minimum atomic E-state index is -4.57. The number of pyridine rings is 1. The second-order valence-corrected chi connectivity index (χ2v) is 11.5. The van der Waals surface area contributed by atoms with Crippen molar-refractivity contribution >= 4 is 58.8 Å². The van der Waals surface area contributed by atoms with Crippen molar-refractivity contribution in [3.05, 3.63) is 70.1 Å². The van der Waals surface area contributed by atoms with E-state index in [1.807, 2.05) is 0 Å². The number of carboxylic acids is 1. The number of nitrogens with two attached hydrogens (primary N) is 1. The van der Waals surface area contributed by atoms with Gasteiger partial charge in [-0.2, -0.15) is 13.2 Å². The van der Waals surface area contributed by atoms with Crippen LogP contribution in [0.3, 0.4) is 0 Å². The molecule has 2 aromatic rings. The first-order chi connectivity index (χ1) is 19.4. The fourth-order valence-corrected chi connectivity index (χ4v) is 6.62. The summed E-state index contributed by atoms with van der Waals surface area (Å²) < 4.78 is 40.7. The van der Waals surface area contributed by atoms with Crippen LogP contribution in [0.5, 0.6) is 0 Å². The van der Waals surface area contributed by atoms with Gasteiger partial charge in [0, 0.05) is 35.4 Å². The van der Waals surface area contributed by atoms with Crippen molar-refractivity contribution in [2.75, 3.05) is 24.6 Å². The maximum Gasteiger partial charge on any atom is 0.416 e. The number of hydrogen-bond acceptors (Lipinski definition) is 7. The normalized spacial score (nSPS) is 18.5. The molecule has 4 rings (SSSR count). The van der Waals surface area contributed by atoms with Crippen molar-refractivity contribution in [2.45, 2.75) is 29.0 Å². The topological polar surface area (TPSA) is 146 Å². The number of β-lactam (4-membered cyclic amide) rings is 1. The zero-order chi connectivity index (χ0) is 29.9. The molecule has 41 heavy (non-hydrogen) atoms. The number of carbonyl (C=O) groups excluding carboxylic acids is 3. The van der Waals surface area contributed by atoms with E-state index in [0.717, 1.165) is 34.9 Å². The summed E-state index contributed by atoms with van der Waals surface area (Å²) in [6, 6.07) is 5.03. The molecule has 0 saturated carbocycles. The van der Waals surface area contributed by atoms with E-state index in [4.69, 9.17) is 17.3 Å². The van der Waals surface area contributed by atoms with Crippen LogP contribution in [0.4, 0.5) is 13.2 Å². The van der Waals surface area contributed by atoms with Gasteiger partial charge in [-0.1, -0.05) is 11.6 Å². The molecule has 10 nitrogen and oxygen atoms in total. The predicted octanol–water partition coefficient (Wildman–Crippen LogP) is 1.87. The summed E-state index contributed by atoms with van der Waals surface area (Å²) in [5, 5.41) is 14.5. The maximum absolute atomic E-state index is 13.0. The Kier molecular flexibility index (Phi) is 9.51. The third-order valence-electron chi connectivity index (χ3n) is 6.11. The van der Waals surface area contributed by atoms with Crippen molar-refractivity contribution in [2.24, 2.45) is 5.73 Å². The molecule has 1 aromatic heterocycles. The summed E-state index contributed by atoms with van der Waals surface area (Å²) in [4.78, 5) is 51.1. The van der Waals surface area contributed by atoms with E-state index < -0.39 is 40.9 Å². The van der Waals surface area contributed by atoms with E-state index in [1.165, 1.54) is 11.8 Å². The molecule has 3 amide bonds. The lowest BCUT2D eigenvalue weighted by molar-refractivity contribution is -0.689. The Bertz CT molecular complexity index is 1420. The summed E-state index contributed by atoms with van der Waals surface area (Å²) >= 11 is 8.04. The highest BCUT2D eigenvalue weighted by molar-refractivity contribution is 8.00. The zero-order valence-electron chi connectivity index (χ0n) is 21.1. The van der Waals surface area contributed by atoms with Gasteiger partial charge < -0.3 is 21.5 Å². The third-order valence-corrected chi connectivity index (χ3v) is 8.94. The maximum atomic E-state index is 13.0. The Morgan fingerprint density at radius 3 is 2.71 bits per heavy atom. The highest BCUT2D eigenvalue weighted by Crippen LogP contribution is 2.41. The number of amides is 3. The molecule has 0 aliphatic carbocycles. The van der Waals surface area contributed by atoms with Gasteiger partial charge in [0.25, 0.3) is 11.8 Å². The van der Waals surface area contributed by atoms with Crippen molar-refractivity contribution in [1.29, 1.82) is 0 Å². The number of benzene rings is 1. The molecule has 2 atom stereocenters. The van der Waals surface area contributed by atoms with Gasteiger partial charge in [-0.3, -0.25) is 19.3 Å².